The number of nitrogens with zero attached hydrogens (tertiary/aromatic N) is 1. The van der Waals surface area contributed by atoms with Crippen LogP contribution in [0.2, 0.25) is 0 Å². The highest BCUT2D eigenvalue weighted by Gasteiger charge is 2.20. The summed E-state index contributed by atoms with van der Waals surface area (Å²) in [5, 5.41) is 11.7. The summed E-state index contributed by atoms with van der Waals surface area (Å²) >= 11 is 0. The summed E-state index contributed by atoms with van der Waals surface area (Å²) in [5.74, 6) is 1.52. The van der Waals surface area contributed by atoms with Gasteiger partial charge in [-0.2, -0.15) is 5.26 Å². The maximum atomic E-state index is 12.2. The van der Waals surface area contributed by atoms with Crippen LogP contribution >= 0.6 is 0 Å². The third kappa shape index (κ3) is 2.19. The highest BCUT2D eigenvalue weighted by molar-refractivity contribution is 6.04. The van der Waals surface area contributed by atoms with Crippen LogP contribution in [0.4, 0.5) is 5.88 Å². The Balaban J connectivity index is 1.87. The number of rotatable bonds is 2. The predicted molar refractivity (Wildman–Crippen MR) is 73.4 cm³/mol. The number of ether oxygens (including phenoxy) is 2. The zero-order valence-corrected chi connectivity index (χ0v) is 11.5. The molecular weight excluding hydrogens is 272 g/mol. The number of fused-ring (bicyclic) bond motifs is 1. The number of hydrogen-bond acceptors (Lipinski definition) is 5. The molecule has 1 amide bonds. The van der Waals surface area contributed by atoms with E-state index in [0.717, 1.165) is 5.56 Å². The molecule has 1 aromatic carbocycles. The monoisotopic (exact) mass is 284 g/mol. The van der Waals surface area contributed by atoms with Crippen LogP contribution in [-0.2, 0) is 0 Å². The number of nitriles is 1. The van der Waals surface area contributed by atoms with Crippen molar-refractivity contribution in [3.05, 3.63) is 40.6 Å². The van der Waals surface area contributed by atoms with Crippen LogP contribution in [0.5, 0.6) is 11.5 Å². The number of hydrogen-bond donors (Lipinski definition) is 1. The first-order valence-corrected chi connectivity index (χ1v) is 6.31. The van der Waals surface area contributed by atoms with Crippen molar-refractivity contribution < 1.29 is 18.7 Å². The van der Waals surface area contributed by atoms with E-state index >= 15 is 0 Å². The molecule has 2 aromatic rings. The van der Waals surface area contributed by atoms with Gasteiger partial charge in [-0.1, -0.05) is 0 Å². The van der Waals surface area contributed by atoms with Gasteiger partial charge in [0, 0.05) is 11.1 Å². The summed E-state index contributed by atoms with van der Waals surface area (Å²) in [5.41, 5.74) is 1.45. The SMILES string of the molecule is Cc1oc(NC(=O)c2ccc3c(c2)OCO3)c(C#N)c1C. The summed E-state index contributed by atoms with van der Waals surface area (Å²) in [7, 11) is 0. The van der Waals surface area contributed by atoms with Crippen molar-refractivity contribution in [2.45, 2.75) is 13.8 Å². The summed E-state index contributed by atoms with van der Waals surface area (Å²) < 4.78 is 15.8. The quantitative estimate of drug-likeness (QED) is 0.916. The first-order valence-electron chi connectivity index (χ1n) is 6.31. The maximum Gasteiger partial charge on any atom is 0.258 e. The highest BCUT2D eigenvalue weighted by atomic mass is 16.7. The van der Waals surface area contributed by atoms with Crippen LogP contribution in [0.1, 0.15) is 27.2 Å². The Labute approximate surface area is 120 Å². The molecule has 0 bridgehead atoms. The Morgan fingerprint density at radius 2 is 2.05 bits per heavy atom. The molecule has 0 radical (unpaired) electrons. The minimum absolute atomic E-state index is 0.148. The molecule has 0 saturated heterocycles. The smallest absolute Gasteiger partial charge is 0.258 e. The van der Waals surface area contributed by atoms with E-state index in [-0.39, 0.29) is 18.6 Å². The molecule has 0 atom stereocenters. The normalized spacial score (nSPS) is 12.0. The van der Waals surface area contributed by atoms with Crippen LogP contribution in [-0.4, -0.2) is 12.7 Å². The minimum Gasteiger partial charge on any atom is -0.454 e. The van der Waals surface area contributed by atoms with Gasteiger partial charge in [0.05, 0.1) is 0 Å². The zero-order valence-electron chi connectivity index (χ0n) is 11.5. The third-order valence-electron chi connectivity index (χ3n) is 3.36. The van der Waals surface area contributed by atoms with Crippen molar-refractivity contribution in [1.82, 2.24) is 0 Å². The Hall–Kier alpha value is -2.94. The van der Waals surface area contributed by atoms with Crippen molar-refractivity contribution >= 4 is 11.8 Å². The van der Waals surface area contributed by atoms with Gasteiger partial charge in [-0.05, 0) is 32.0 Å². The van der Waals surface area contributed by atoms with Gasteiger partial charge in [0.2, 0.25) is 12.7 Å². The van der Waals surface area contributed by atoms with Gasteiger partial charge < -0.3 is 13.9 Å². The van der Waals surface area contributed by atoms with Gasteiger partial charge in [0.25, 0.3) is 5.91 Å². The van der Waals surface area contributed by atoms with Gasteiger partial charge in [-0.3, -0.25) is 10.1 Å². The lowest BCUT2D eigenvalue weighted by Crippen LogP contribution is -2.12. The van der Waals surface area contributed by atoms with E-state index in [4.69, 9.17) is 19.2 Å². The number of benzene rings is 1. The molecule has 1 N–H and O–H groups in total. The molecule has 0 unspecified atom stereocenters. The average molecular weight is 284 g/mol. The fourth-order valence-electron chi connectivity index (χ4n) is 2.06. The van der Waals surface area contributed by atoms with E-state index in [1.807, 2.05) is 6.07 Å². The van der Waals surface area contributed by atoms with Gasteiger partial charge in [0.15, 0.2) is 11.5 Å². The Bertz CT molecular complexity index is 771. The fraction of sp³-hybridized carbons (Fsp3) is 0.200. The molecule has 0 fully saturated rings. The molecule has 1 aliphatic heterocycles. The van der Waals surface area contributed by atoms with Gasteiger partial charge in [-0.15, -0.1) is 0 Å². The summed E-state index contributed by atoms with van der Waals surface area (Å²) in [6.07, 6.45) is 0. The lowest BCUT2D eigenvalue weighted by molar-refractivity contribution is 0.102. The molecule has 6 heteroatoms. The van der Waals surface area contributed by atoms with E-state index in [1.165, 1.54) is 0 Å². The van der Waals surface area contributed by atoms with E-state index in [2.05, 4.69) is 5.32 Å². The maximum absolute atomic E-state index is 12.2. The molecule has 106 valence electrons. The number of carbonyl (C=O) groups is 1. The number of furan rings is 1. The Morgan fingerprint density at radius 3 is 2.81 bits per heavy atom. The van der Waals surface area contributed by atoms with Crippen LogP contribution in [0.15, 0.2) is 22.6 Å². The number of anilines is 1. The van der Waals surface area contributed by atoms with Crippen molar-refractivity contribution in [2.24, 2.45) is 0 Å². The number of carbonyl (C=O) groups excluding carboxylic acids is 1. The van der Waals surface area contributed by atoms with Crippen molar-refractivity contribution in [3.8, 4) is 17.6 Å². The van der Waals surface area contributed by atoms with Crippen molar-refractivity contribution in [3.63, 3.8) is 0 Å². The topological polar surface area (TPSA) is 84.5 Å². The van der Waals surface area contributed by atoms with Gasteiger partial charge in [0.1, 0.15) is 17.4 Å². The lowest BCUT2D eigenvalue weighted by atomic mass is 10.1. The molecular formula is C15H12N2O4. The molecule has 1 aromatic heterocycles. The van der Waals surface area contributed by atoms with Gasteiger partial charge in [-0.25, -0.2) is 0 Å². The minimum atomic E-state index is -0.376. The number of nitrogens with one attached hydrogen (secondary N) is 1. The molecule has 2 heterocycles. The predicted octanol–water partition coefficient (Wildman–Crippen LogP) is 2.75. The second-order valence-electron chi connectivity index (χ2n) is 4.62. The van der Waals surface area contributed by atoms with Crippen LogP contribution in [0.25, 0.3) is 0 Å². The first-order chi connectivity index (χ1) is 10.1. The number of aryl methyl sites for hydroxylation is 1. The van der Waals surface area contributed by atoms with Gasteiger partial charge >= 0.3 is 0 Å². The molecule has 6 nitrogen and oxygen atoms in total. The first kappa shape index (κ1) is 13.1. The largest absolute Gasteiger partial charge is 0.454 e. The second-order valence-corrected chi connectivity index (χ2v) is 4.62. The van der Waals surface area contributed by atoms with E-state index in [1.54, 1.807) is 32.0 Å². The summed E-state index contributed by atoms with van der Waals surface area (Å²) in [6.45, 7) is 3.66. The lowest BCUT2D eigenvalue weighted by Gasteiger charge is -2.04. The van der Waals surface area contributed by atoms with E-state index in [9.17, 15) is 4.79 Å². The van der Waals surface area contributed by atoms with Crippen molar-refractivity contribution in [1.29, 1.82) is 5.26 Å². The molecule has 1 aliphatic rings. The molecule has 0 aliphatic carbocycles. The Morgan fingerprint density at radius 1 is 1.29 bits per heavy atom. The molecule has 0 saturated carbocycles. The van der Waals surface area contributed by atoms with E-state index in [0.29, 0.717) is 28.4 Å². The fourth-order valence-corrected chi connectivity index (χ4v) is 2.06. The molecule has 21 heavy (non-hydrogen) atoms. The zero-order chi connectivity index (χ0) is 15.0. The van der Waals surface area contributed by atoms with E-state index < -0.39 is 0 Å². The van der Waals surface area contributed by atoms with Crippen LogP contribution in [0, 0.1) is 25.2 Å². The molecule has 3 rings (SSSR count). The van der Waals surface area contributed by atoms with Crippen LogP contribution in [0.3, 0.4) is 0 Å². The Kier molecular flexibility index (Phi) is 3.03. The highest BCUT2D eigenvalue weighted by Crippen LogP contribution is 2.33. The standard InChI is InChI=1S/C15H12N2O4/c1-8-9(2)21-15(11(8)6-16)17-14(18)10-3-4-12-13(5-10)20-7-19-12/h3-5H,7H2,1-2H3,(H,17,18). The third-order valence-corrected chi connectivity index (χ3v) is 3.36. The summed E-state index contributed by atoms with van der Waals surface area (Å²) in [6, 6.07) is 6.91. The summed E-state index contributed by atoms with van der Waals surface area (Å²) in [4.78, 5) is 12.2. The van der Waals surface area contributed by atoms with Crippen LogP contribution < -0.4 is 14.8 Å². The van der Waals surface area contributed by atoms with Crippen molar-refractivity contribution in [2.75, 3.05) is 12.1 Å². The second kappa shape index (κ2) is 4.87. The average Bonchev–Trinajstić information content (AvgIpc) is 3.03. The molecule has 0 spiro atoms. The number of amides is 1.